The van der Waals surface area contributed by atoms with E-state index in [1.165, 1.54) is 41.9 Å². The fraction of sp³-hybridized carbons (Fsp3) is 0.625. The number of thioether (sulfide) groups is 1. The molecule has 1 saturated carbocycles. The van der Waals surface area contributed by atoms with Crippen LogP contribution in [-0.4, -0.2) is 18.3 Å². The maximum atomic E-state index is 3.71. The standard InChI is InChI=1S/C16H25NS/c1-13-7-9-15(10-8-13)17-11-12-18-16-6-4-3-5-14(16)2/h3-6,13,15,17H,7-12H2,1-2H3. The Kier molecular flexibility index (Phi) is 5.58. The molecule has 0 atom stereocenters. The Morgan fingerprint density at radius 1 is 1.17 bits per heavy atom. The number of hydrogen-bond donors (Lipinski definition) is 1. The minimum atomic E-state index is 0.777. The van der Waals surface area contributed by atoms with Crippen molar-refractivity contribution < 1.29 is 0 Å². The summed E-state index contributed by atoms with van der Waals surface area (Å²) in [4.78, 5) is 1.43. The Balaban J connectivity index is 1.63. The highest BCUT2D eigenvalue weighted by Gasteiger charge is 2.16. The third-order valence-corrected chi connectivity index (χ3v) is 5.08. The van der Waals surface area contributed by atoms with Crippen LogP contribution in [0, 0.1) is 12.8 Å². The normalized spacial score (nSPS) is 24.1. The molecule has 1 aliphatic carbocycles. The number of benzene rings is 1. The molecule has 100 valence electrons. The van der Waals surface area contributed by atoms with Gasteiger partial charge in [0.05, 0.1) is 0 Å². The van der Waals surface area contributed by atoms with Crippen LogP contribution >= 0.6 is 11.8 Å². The van der Waals surface area contributed by atoms with Crippen LogP contribution in [0.25, 0.3) is 0 Å². The maximum Gasteiger partial charge on any atom is 0.0106 e. The van der Waals surface area contributed by atoms with Crippen LogP contribution in [0.2, 0.25) is 0 Å². The number of hydrogen-bond acceptors (Lipinski definition) is 2. The second-order valence-electron chi connectivity index (χ2n) is 5.52. The lowest BCUT2D eigenvalue weighted by molar-refractivity contribution is 0.312. The van der Waals surface area contributed by atoms with Gasteiger partial charge in [0.15, 0.2) is 0 Å². The molecule has 18 heavy (non-hydrogen) atoms. The average molecular weight is 263 g/mol. The minimum absolute atomic E-state index is 0.777. The minimum Gasteiger partial charge on any atom is -0.313 e. The van der Waals surface area contributed by atoms with Crippen LogP contribution in [0.5, 0.6) is 0 Å². The highest BCUT2D eigenvalue weighted by Crippen LogP contribution is 2.24. The van der Waals surface area contributed by atoms with E-state index in [-0.39, 0.29) is 0 Å². The van der Waals surface area contributed by atoms with Crippen molar-refractivity contribution in [1.82, 2.24) is 5.32 Å². The molecular formula is C16H25NS. The molecule has 0 spiro atoms. The van der Waals surface area contributed by atoms with Gasteiger partial charge in [0, 0.05) is 23.2 Å². The van der Waals surface area contributed by atoms with E-state index in [4.69, 9.17) is 0 Å². The summed E-state index contributed by atoms with van der Waals surface area (Å²) < 4.78 is 0. The molecule has 0 aromatic heterocycles. The van der Waals surface area contributed by atoms with Crippen LogP contribution in [-0.2, 0) is 0 Å². The lowest BCUT2D eigenvalue weighted by Crippen LogP contribution is -2.34. The van der Waals surface area contributed by atoms with Crippen molar-refractivity contribution in [3.8, 4) is 0 Å². The molecule has 0 heterocycles. The zero-order chi connectivity index (χ0) is 12.8. The molecule has 2 rings (SSSR count). The van der Waals surface area contributed by atoms with Crippen molar-refractivity contribution in [2.75, 3.05) is 12.3 Å². The van der Waals surface area contributed by atoms with Crippen LogP contribution in [0.15, 0.2) is 29.2 Å². The number of nitrogens with one attached hydrogen (secondary N) is 1. The van der Waals surface area contributed by atoms with Crippen molar-refractivity contribution in [1.29, 1.82) is 0 Å². The Morgan fingerprint density at radius 2 is 1.89 bits per heavy atom. The summed E-state index contributed by atoms with van der Waals surface area (Å²) in [6.07, 6.45) is 5.55. The maximum absolute atomic E-state index is 3.71. The predicted molar refractivity (Wildman–Crippen MR) is 81.3 cm³/mol. The van der Waals surface area contributed by atoms with Crippen LogP contribution in [0.3, 0.4) is 0 Å². The lowest BCUT2D eigenvalue weighted by atomic mass is 9.87. The largest absolute Gasteiger partial charge is 0.313 e. The Hall–Kier alpha value is -0.470. The summed E-state index contributed by atoms with van der Waals surface area (Å²) >= 11 is 1.97. The van der Waals surface area contributed by atoms with Crippen molar-refractivity contribution in [3.63, 3.8) is 0 Å². The van der Waals surface area contributed by atoms with Gasteiger partial charge in [-0.3, -0.25) is 0 Å². The molecule has 0 saturated heterocycles. The highest BCUT2D eigenvalue weighted by molar-refractivity contribution is 7.99. The van der Waals surface area contributed by atoms with Gasteiger partial charge in [-0.05, 0) is 50.2 Å². The average Bonchev–Trinajstić information content (AvgIpc) is 2.39. The lowest BCUT2D eigenvalue weighted by Gasteiger charge is -2.27. The third-order valence-electron chi connectivity index (χ3n) is 3.90. The fourth-order valence-corrected chi connectivity index (χ4v) is 3.52. The van der Waals surface area contributed by atoms with E-state index in [0.717, 1.165) is 18.5 Å². The fourth-order valence-electron chi connectivity index (χ4n) is 2.61. The van der Waals surface area contributed by atoms with Gasteiger partial charge in [0.25, 0.3) is 0 Å². The second-order valence-corrected chi connectivity index (χ2v) is 6.66. The van der Waals surface area contributed by atoms with Crippen molar-refractivity contribution in [3.05, 3.63) is 29.8 Å². The summed E-state index contributed by atoms with van der Waals surface area (Å²) in [7, 11) is 0. The quantitative estimate of drug-likeness (QED) is 0.629. The van der Waals surface area contributed by atoms with Gasteiger partial charge in [-0.1, -0.05) is 25.1 Å². The van der Waals surface area contributed by atoms with Crippen LogP contribution in [0.4, 0.5) is 0 Å². The summed E-state index contributed by atoms with van der Waals surface area (Å²) in [5.41, 5.74) is 1.40. The summed E-state index contributed by atoms with van der Waals surface area (Å²) in [6, 6.07) is 9.44. The van der Waals surface area contributed by atoms with E-state index >= 15 is 0 Å². The molecular weight excluding hydrogens is 238 g/mol. The SMILES string of the molecule is Cc1ccccc1SCCNC1CCC(C)CC1. The molecule has 0 amide bonds. The first-order valence-corrected chi connectivity index (χ1v) is 8.16. The van der Waals surface area contributed by atoms with E-state index in [1.54, 1.807) is 0 Å². The van der Waals surface area contributed by atoms with Crippen molar-refractivity contribution in [2.24, 2.45) is 5.92 Å². The first-order chi connectivity index (χ1) is 8.75. The van der Waals surface area contributed by atoms with Crippen molar-refractivity contribution in [2.45, 2.75) is 50.5 Å². The van der Waals surface area contributed by atoms with Crippen molar-refractivity contribution >= 4 is 11.8 Å². The van der Waals surface area contributed by atoms with E-state index in [1.807, 2.05) is 11.8 Å². The second kappa shape index (κ2) is 7.20. The van der Waals surface area contributed by atoms with E-state index in [2.05, 4.69) is 43.4 Å². The number of rotatable bonds is 5. The van der Waals surface area contributed by atoms with Gasteiger partial charge in [0.1, 0.15) is 0 Å². The van der Waals surface area contributed by atoms with E-state index in [0.29, 0.717) is 0 Å². The van der Waals surface area contributed by atoms with E-state index < -0.39 is 0 Å². The molecule has 1 aromatic rings. The first-order valence-electron chi connectivity index (χ1n) is 7.17. The monoisotopic (exact) mass is 263 g/mol. The smallest absolute Gasteiger partial charge is 0.0106 e. The molecule has 1 nitrogen and oxygen atoms in total. The Morgan fingerprint density at radius 3 is 2.61 bits per heavy atom. The zero-order valence-electron chi connectivity index (χ0n) is 11.6. The predicted octanol–water partition coefficient (Wildman–Crippen LogP) is 4.26. The third kappa shape index (κ3) is 4.33. The molecule has 0 unspecified atom stereocenters. The van der Waals surface area contributed by atoms with Gasteiger partial charge >= 0.3 is 0 Å². The Labute approximate surface area is 116 Å². The van der Waals surface area contributed by atoms with Gasteiger partial charge in [0.2, 0.25) is 0 Å². The molecule has 1 fully saturated rings. The molecule has 2 heteroatoms. The van der Waals surface area contributed by atoms with E-state index in [9.17, 15) is 0 Å². The summed E-state index contributed by atoms with van der Waals surface area (Å²) in [5, 5.41) is 3.71. The topological polar surface area (TPSA) is 12.0 Å². The molecule has 1 aliphatic rings. The highest BCUT2D eigenvalue weighted by atomic mass is 32.2. The van der Waals surface area contributed by atoms with Gasteiger partial charge < -0.3 is 5.32 Å². The molecule has 1 N–H and O–H groups in total. The van der Waals surface area contributed by atoms with Gasteiger partial charge in [-0.2, -0.15) is 0 Å². The summed E-state index contributed by atoms with van der Waals surface area (Å²) in [5.74, 6) is 2.13. The van der Waals surface area contributed by atoms with Crippen LogP contribution < -0.4 is 5.32 Å². The van der Waals surface area contributed by atoms with Crippen LogP contribution in [0.1, 0.15) is 38.2 Å². The van der Waals surface area contributed by atoms with Gasteiger partial charge in [-0.15, -0.1) is 11.8 Å². The van der Waals surface area contributed by atoms with Gasteiger partial charge in [-0.25, -0.2) is 0 Å². The molecule has 0 aliphatic heterocycles. The molecule has 0 radical (unpaired) electrons. The number of aryl methyl sites for hydroxylation is 1. The summed E-state index contributed by atoms with van der Waals surface area (Å²) in [6.45, 7) is 5.71. The molecule has 0 bridgehead atoms. The molecule has 1 aromatic carbocycles. The zero-order valence-corrected chi connectivity index (χ0v) is 12.4. The first kappa shape index (κ1) is 14.0. The Bertz CT molecular complexity index is 356.